The molecule has 16 heavy (non-hydrogen) atoms. The van der Waals surface area contributed by atoms with Crippen LogP contribution in [0.2, 0.25) is 0 Å². The van der Waals surface area contributed by atoms with E-state index in [1.807, 2.05) is 31.2 Å². The monoisotopic (exact) mass is 281 g/mol. The summed E-state index contributed by atoms with van der Waals surface area (Å²) in [4.78, 5) is 12.0. The summed E-state index contributed by atoms with van der Waals surface area (Å²) in [7, 11) is 0. The first-order valence-corrected chi connectivity index (χ1v) is 5.78. The molecule has 0 bridgehead atoms. The van der Waals surface area contributed by atoms with E-state index in [2.05, 4.69) is 21.0 Å². The summed E-state index contributed by atoms with van der Waals surface area (Å²) in [6.45, 7) is 2.13. The molecule has 1 aromatic rings. The Kier molecular flexibility index (Phi) is 3.07. The zero-order chi connectivity index (χ0) is 11.7. The van der Waals surface area contributed by atoms with Crippen molar-refractivity contribution in [2.24, 2.45) is 16.8 Å². The van der Waals surface area contributed by atoms with Crippen molar-refractivity contribution in [2.75, 3.05) is 11.6 Å². The number of hydrogen-bond donors (Lipinski definition) is 1. The summed E-state index contributed by atoms with van der Waals surface area (Å²) in [5, 5.41) is 5.66. The highest BCUT2D eigenvalue weighted by Crippen LogP contribution is 2.30. The van der Waals surface area contributed by atoms with E-state index in [0.29, 0.717) is 6.54 Å². The van der Waals surface area contributed by atoms with Gasteiger partial charge in [0.05, 0.1) is 11.6 Å². The SMILES string of the molecule is CC1=NN(c2ccccc2Br)C(=O)C1CN. The first-order chi connectivity index (χ1) is 7.65. The van der Waals surface area contributed by atoms with Crippen LogP contribution in [-0.2, 0) is 4.79 Å². The Bertz CT molecular complexity index is 458. The number of carbonyl (C=O) groups is 1. The summed E-state index contributed by atoms with van der Waals surface area (Å²) in [5.41, 5.74) is 7.07. The maximum atomic E-state index is 12.0. The standard InChI is InChI=1S/C11H12BrN3O/c1-7-8(6-13)11(16)15(14-7)10-5-3-2-4-9(10)12/h2-5,8H,6,13H2,1H3. The lowest BCUT2D eigenvalue weighted by molar-refractivity contribution is -0.119. The van der Waals surface area contributed by atoms with E-state index in [-0.39, 0.29) is 11.8 Å². The largest absolute Gasteiger partial charge is 0.329 e. The molecule has 4 nitrogen and oxygen atoms in total. The average Bonchev–Trinajstić information content (AvgIpc) is 2.55. The Morgan fingerprint density at radius 1 is 1.50 bits per heavy atom. The molecule has 0 fully saturated rings. The van der Waals surface area contributed by atoms with Crippen LogP contribution in [-0.4, -0.2) is 18.2 Å². The van der Waals surface area contributed by atoms with E-state index >= 15 is 0 Å². The van der Waals surface area contributed by atoms with Crippen molar-refractivity contribution in [3.63, 3.8) is 0 Å². The number of anilines is 1. The van der Waals surface area contributed by atoms with E-state index in [0.717, 1.165) is 15.9 Å². The molecule has 0 radical (unpaired) electrons. The van der Waals surface area contributed by atoms with Gasteiger partial charge in [0.2, 0.25) is 0 Å². The van der Waals surface area contributed by atoms with Crippen LogP contribution in [0.5, 0.6) is 0 Å². The molecule has 1 aliphatic heterocycles. The fourth-order valence-electron chi connectivity index (χ4n) is 1.67. The molecule has 0 saturated heterocycles. The second-order valence-electron chi connectivity index (χ2n) is 3.63. The van der Waals surface area contributed by atoms with Gasteiger partial charge in [-0.05, 0) is 35.0 Å². The molecule has 84 valence electrons. The minimum Gasteiger partial charge on any atom is -0.329 e. The van der Waals surface area contributed by atoms with Gasteiger partial charge in [0.25, 0.3) is 5.91 Å². The number of nitrogens with zero attached hydrogens (tertiary/aromatic N) is 2. The number of nitrogens with two attached hydrogens (primary N) is 1. The van der Waals surface area contributed by atoms with Gasteiger partial charge in [-0.1, -0.05) is 12.1 Å². The molecule has 1 heterocycles. The molecule has 1 atom stereocenters. The van der Waals surface area contributed by atoms with Crippen LogP contribution in [0.3, 0.4) is 0 Å². The zero-order valence-electron chi connectivity index (χ0n) is 8.85. The lowest BCUT2D eigenvalue weighted by Gasteiger charge is -2.14. The van der Waals surface area contributed by atoms with Crippen LogP contribution in [0.15, 0.2) is 33.8 Å². The topological polar surface area (TPSA) is 58.7 Å². The molecule has 1 aromatic carbocycles. The normalized spacial score (nSPS) is 20.2. The molecule has 0 saturated carbocycles. The highest BCUT2D eigenvalue weighted by Gasteiger charge is 2.33. The van der Waals surface area contributed by atoms with E-state index in [1.165, 1.54) is 5.01 Å². The van der Waals surface area contributed by atoms with Crippen molar-refractivity contribution in [3.05, 3.63) is 28.7 Å². The van der Waals surface area contributed by atoms with E-state index in [4.69, 9.17) is 5.73 Å². The Balaban J connectivity index is 2.38. The number of amides is 1. The van der Waals surface area contributed by atoms with Gasteiger partial charge >= 0.3 is 0 Å². The number of carbonyl (C=O) groups excluding carboxylic acids is 1. The quantitative estimate of drug-likeness (QED) is 0.898. The predicted octanol–water partition coefficient (Wildman–Crippen LogP) is 1.75. The average molecular weight is 282 g/mol. The third-order valence-electron chi connectivity index (χ3n) is 2.59. The predicted molar refractivity (Wildman–Crippen MR) is 67.3 cm³/mol. The van der Waals surface area contributed by atoms with Gasteiger partial charge in [0.1, 0.15) is 0 Å². The third kappa shape index (κ3) is 1.76. The molecule has 5 heteroatoms. The van der Waals surface area contributed by atoms with Crippen molar-refractivity contribution in [3.8, 4) is 0 Å². The summed E-state index contributed by atoms with van der Waals surface area (Å²) >= 11 is 3.40. The molecule has 1 unspecified atom stereocenters. The summed E-state index contributed by atoms with van der Waals surface area (Å²) < 4.78 is 0.845. The minimum atomic E-state index is -0.285. The smallest absolute Gasteiger partial charge is 0.257 e. The first kappa shape index (κ1) is 11.3. The number of benzene rings is 1. The maximum Gasteiger partial charge on any atom is 0.257 e. The van der Waals surface area contributed by atoms with Crippen LogP contribution in [0.1, 0.15) is 6.92 Å². The van der Waals surface area contributed by atoms with Gasteiger partial charge in [-0.25, -0.2) is 0 Å². The minimum absolute atomic E-state index is 0.0631. The molecule has 1 amide bonds. The number of hydrazone groups is 1. The molecule has 0 aromatic heterocycles. The Labute approximate surface area is 102 Å². The van der Waals surface area contributed by atoms with Crippen LogP contribution in [0, 0.1) is 5.92 Å². The van der Waals surface area contributed by atoms with Gasteiger partial charge in [0, 0.05) is 16.7 Å². The Morgan fingerprint density at radius 2 is 2.19 bits per heavy atom. The maximum absolute atomic E-state index is 12.0. The molecular weight excluding hydrogens is 270 g/mol. The van der Waals surface area contributed by atoms with Gasteiger partial charge in [-0.2, -0.15) is 10.1 Å². The molecule has 0 spiro atoms. The molecular formula is C11H12BrN3O. The second-order valence-corrected chi connectivity index (χ2v) is 4.49. The highest BCUT2D eigenvalue weighted by molar-refractivity contribution is 9.10. The first-order valence-electron chi connectivity index (χ1n) is 4.99. The van der Waals surface area contributed by atoms with Gasteiger partial charge in [0.15, 0.2) is 0 Å². The zero-order valence-corrected chi connectivity index (χ0v) is 10.4. The number of hydrogen-bond acceptors (Lipinski definition) is 3. The van der Waals surface area contributed by atoms with Crippen molar-refractivity contribution in [1.82, 2.24) is 0 Å². The molecule has 0 aliphatic carbocycles. The lowest BCUT2D eigenvalue weighted by Crippen LogP contribution is -2.32. The lowest BCUT2D eigenvalue weighted by atomic mass is 10.1. The van der Waals surface area contributed by atoms with Crippen molar-refractivity contribution >= 4 is 33.2 Å². The summed E-state index contributed by atoms with van der Waals surface area (Å²) in [6.07, 6.45) is 0. The number of para-hydroxylation sites is 1. The molecule has 1 aliphatic rings. The Hall–Kier alpha value is -1.20. The van der Waals surface area contributed by atoms with Gasteiger partial charge < -0.3 is 5.73 Å². The van der Waals surface area contributed by atoms with Crippen LogP contribution >= 0.6 is 15.9 Å². The van der Waals surface area contributed by atoms with Gasteiger partial charge in [-0.3, -0.25) is 4.79 Å². The van der Waals surface area contributed by atoms with Crippen LogP contribution in [0.4, 0.5) is 5.69 Å². The number of rotatable bonds is 2. The van der Waals surface area contributed by atoms with Gasteiger partial charge in [-0.15, -0.1) is 0 Å². The van der Waals surface area contributed by atoms with Crippen LogP contribution in [0.25, 0.3) is 0 Å². The molecule has 2 rings (SSSR count). The molecule has 2 N–H and O–H groups in total. The van der Waals surface area contributed by atoms with E-state index in [9.17, 15) is 4.79 Å². The second kappa shape index (κ2) is 4.35. The van der Waals surface area contributed by atoms with Crippen LogP contribution < -0.4 is 10.7 Å². The van der Waals surface area contributed by atoms with E-state index < -0.39 is 0 Å². The summed E-state index contributed by atoms with van der Waals surface area (Å²) in [6, 6.07) is 7.49. The van der Waals surface area contributed by atoms with E-state index in [1.54, 1.807) is 0 Å². The summed E-state index contributed by atoms with van der Waals surface area (Å²) in [5.74, 6) is -0.348. The fourth-order valence-corrected chi connectivity index (χ4v) is 2.12. The third-order valence-corrected chi connectivity index (χ3v) is 3.26. The highest BCUT2D eigenvalue weighted by atomic mass is 79.9. The van der Waals surface area contributed by atoms with Crippen molar-refractivity contribution in [2.45, 2.75) is 6.92 Å². The van der Waals surface area contributed by atoms with Crippen molar-refractivity contribution in [1.29, 1.82) is 0 Å². The number of halogens is 1. The fraction of sp³-hybridized carbons (Fsp3) is 0.273. The Morgan fingerprint density at radius 3 is 2.75 bits per heavy atom. The van der Waals surface area contributed by atoms with Crippen molar-refractivity contribution < 1.29 is 4.79 Å².